The summed E-state index contributed by atoms with van der Waals surface area (Å²) in [4.78, 5) is 0. The Morgan fingerprint density at radius 3 is 1.21 bits per heavy atom. The Kier molecular flexibility index (Phi) is 8.72. The molecule has 2 aliphatic carbocycles. The minimum absolute atomic E-state index is 0. The van der Waals surface area contributed by atoms with Gasteiger partial charge in [0.1, 0.15) is 0 Å². The quantitative estimate of drug-likeness (QED) is 0.423. The predicted molar refractivity (Wildman–Crippen MR) is 117 cm³/mol. The summed E-state index contributed by atoms with van der Waals surface area (Å²) < 4.78 is 0. The van der Waals surface area contributed by atoms with E-state index in [0.29, 0.717) is 10.8 Å². The normalized spacial score (nSPS) is 18.6. The first-order valence-corrected chi connectivity index (χ1v) is 10.3. The molecule has 0 saturated heterocycles. The van der Waals surface area contributed by atoms with Gasteiger partial charge in [0.15, 0.2) is 0 Å². The van der Waals surface area contributed by atoms with Crippen molar-refractivity contribution in [2.24, 2.45) is 10.8 Å². The van der Waals surface area contributed by atoms with Gasteiger partial charge in [0, 0.05) is 0 Å². The standard InChI is InChI=1S/C21H33P.2Li.2H/c1-14-10-16(20(3,4)5)12-18(14)22(9)19-13-17(11-15(19)2)21(6,7)8;;;;/h10-11H,12-13H2,1-9H3;;;;. The fourth-order valence-corrected chi connectivity index (χ4v) is 5.65. The molecule has 0 N–H and O–H groups in total. The van der Waals surface area contributed by atoms with Crippen LogP contribution in [0.5, 0.6) is 0 Å². The van der Waals surface area contributed by atoms with Crippen molar-refractivity contribution in [3.05, 3.63) is 45.1 Å². The summed E-state index contributed by atoms with van der Waals surface area (Å²) in [5, 5.41) is 3.41. The predicted octanol–water partition coefficient (Wildman–Crippen LogP) is 6.10. The van der Waals surface area contributed by atoms with Crippen molar-refractivity contribution >= 4 is 45.6 Å². The molecule has 24 heavy (non-hydrogen) atoms. The van der Waals surface area contributed by atoms with Gasteiger partial charge in [-0.2, -0.15) is 0 Å². The number of rotatable bonds is 2. The first kappa shape index (κ1) is 24.6. The van der Waals surface area contributed by atoms with E-state index in [0.717, 1.165) is 0 Å². The average Bonchev–Trinajstić information content (AvgIpc) is 2.90. The Morgan fingerprint density at radius 1 is 0.708 bits per heavy atom. The Morgan fingerprint density at radius 2 is 1.00 bits per heavy atom. The van der Waals surface area contributed by atoms with Crippen LogP contribution in [0.2, 0.25) is 0 Å². The molecule has 126 valence electrons. The van der Waals surface area contributed by atoms with E-state index >= 15 is 0 Å². The summed E-state index contributed by atoms with van der Waals surface area (Å²) in [6.07, 6.45) is 7.30. The van der Waals surface area contributed by atoms with Gasteiger partial charge in [-0.3, -0.25) is 0 Å². The second kappa shape index (κ2) is 8.52. The molecule has 0 bridgehead atoms. The molecule has 0 unspecified atom stereocenters. The third-order valence-corrected chi connectivity index (χ3v) is 7.79. The Labute approximate surface area is 175 Å². The molecule has 0 spiro atoms. The molecular weight excluding hydrogens is 297 g/mol. The molecule has 0 aliphatic heterocycles. The molecule has 0 atom stereocenters. The SMILES string of the molecule is CC1=C(P(C)C2=C(C)C=C(C(C)(C)C)C2)CC(C(C)(C)C)=C1.[LiH].[LiH]. The second-order valence-corrected chi connectivity index (χ2v) is 11.2. The molecule has 0 radical (unpaired) electrons. The first-order valence-electron chi connectivity index (χ1n) is 8.46. The van der Waals surface area contributed by atoms with Crippen molar-refractivity contribution in [2.45, 2.75) is 68.2 Å². The van der Waals surface area contributed by atoms with E-state index in [1.807, 2.05) is 0 Å². The molecule has 2 aliphatic rings. The Bertz CT molecular complexity index is 551. The molecule has 0 amide bonds. The van der Waals surface area contributed by atoms with Crippen LogP contribution in [0.3, 0.4) is 0 Å². The van der Waals surface area contributed by atoms with Crippen LogP contribution >= 0.6 is 7.92 Å². The molecule has 3 heteroatoms. The number of allylic oxidation sites excluding steroid dienone is 8. The van der Waals surface area contributed by atoms with Crippen LogP contribution < -0.4 is 0 Å². The van der Waals surface area contributed by atoms with Crippen molar-refractivity contribution in [1.82, 2.24) is 0 Å². The van der Waals surface area contributed by atoms with E-state index in [9.17, 15) is 0 Å². The summed E-state index contributed by atoms with van der Waals surface area (Å²) in [7, 11) is -0.154. The van der Waals surface area contributed by atoms with Crippen LogP contribution in [-0.4, -0.2) is 44.4 Å². The summed E-state index contributed by atoms with van der Waals surface area (Å²) in [6, 6.07) is 0. The maximum atomic E-state index is 2.48. The minimum atomic E-state index is -0.154. The molecule has 0 saturated carbocycles. The second-order valence-electron chi connectivity index (χ2n) is 9.01. The van der Waals surface area contributed by atoms with Crippen molar-refractivity contribution in [1.29, 1.82) is 0 Å². The van der Waals surface area contributed by atoms with Gasteiger partial charge in [0.25, 0.3) is 0 Å². The Balaban J connectivity index is 0.00000264. The van der Waals surface area contributed by atoms with Crippen molar-refractivity contribution < 1.29 is 0 Å². The summed E-state index contributed by atoms with van der Waals surface area (Å²) >= 11 is 0. The van der Waals surface area contributed by atoms with E-state index in [-0.39, 0.29) is 45.6 Å². The average molecular weight is 332 g/mol. The van der Waals surface area contributed by atoms with Crippen LogP contribution in [-0.2, 0) is 0 Å². The number of hydrogen-bond acceptors (Lipinski definition) is 0. The van der Waals surface area contributed by atoms with Gasteiger partial charge in [-0.1, -0.05) is 72.8 Å². The molecule has 0 aromatic carbocycles. The van der Waals surface area contributed by atoms with Crippen LogP contribution in [0.25, 0.3) is 0 Å². The molecule has 2 rings (SSSR count). The zero-order chi connectivity index (χ0) is 16.9. The number of hydrogen-bond donors (Lipinski definition) is 0. The molecular formula is C21H35Li2P. The maximum absolute atomic E-state index is 2.48. The zero-order valence-electron chi connectivity index (χ0n) is 16.0. The topological polar surface area (TPSA) is 0 Å². The third kappa shape index (κ3) is 5.29. The van der Waals surface area contributed by atoms with Gasteiger partial charge in [-0.15, -0.1) is 0 Å². The van der Waals surface area contributed by atoms with Gasteiger partial charge < -0.3 is 0 Å². The van der Waals surface area contributed by atoms with Gasteiger partial charge in [0.2, 0.25) is 0 Å². The zero-order valence-corrected chi connectivity index (χ0v) is 16.9. The monoisotopic (exact) mass is 332 g/mol. The van der Waals surface area contributed by atoms with Gasteiger partial charge >= 0.3 is 37.7 Å². The van der Waals surface area contributed by atoms with E-state index < -0.39 is 0 Å². The van der Waals surface area contributed by atoms with Crippen molar-refractivity contribution in [3.63, 3.8) is 0 Å². The van der Waals surface area contributed by atoms with E-state index in [1.165, 1.54) is 24.0 Å². The summed E-state index contributed by atoms with van der Waals surface area (Å²) in [5.74, 6) is 0. The fraction of sp³-hybridized carbons (Fsp3) is 0.619. The van der Waals surface area contributed by atoms with Gasteiger partial charge in [-0.05, 0) is 66.0 Å². The molecule has 0 heterocycles. The van der Waals surface area contributed by atoms with Crippen LogP contribution in [0.15, 0.2) is 45.1 Å². The molecule has 0 aromatic rings. The van der Waals surface area contributed by atoms with Crippen molar-refractivity contribution in [3.8, 4) is 0 Å². The first-order chi connectivity index (χ1) is 9.91. The molecule has 0 nitrogen and oxygen atoms in total. The summed E-state index contributed by atoms with van der Waals surface area (Å²) in [5.41, 5.74) is 6.87. The van der Waals surface area contributed by atoms with Gasteiger partial charge in [-0.25, -0.2) is 0 Å². The van der Waals surface area contributed by atoms with Crippen LogP contribution in [0.4, 0.5) is 0 Å². The van der Waals surface area contributed by atoms with Crippen molar-refractivity contribution in [2.75, 3.05) is 6.66 Å². The van der Waals surface area contributed by atoms with E-state index in [4.69, 9.17) is 0 Å². The molecule has 0 fully saturated rings. The van der Waals surface area contributed by atoms with E-state index in [2.05, 4.69) is 74.2 Å². The molecule has 0 aromatic heterocycles. The van der Waals surface area contributed by atoms with Gasteiger partial charge in [0.05, 0.1) is 0 Å². The Hall–Kier alpha value is 0.585. The third-order valence-electron chi connectivity index (χ3n) is 5.14. The summed E-state index contributed by atoms with van der Waals surface area (Å²) in [6.45, 7) is 21.1. The van der Waals surface area contributed by atoms with Crippen LogP contribution in [0, 0.1) is 10.8 Å². The van der Waals surface area contributed by atoms with E-state index in [1.54, 1.807) is 21.8 Å². The van der Waals surface area contributed by atoms with Crippen LogP contribution in [0.1, 0.15) is 68.2 Å². The fourth-order valence-electron chi connectivity index (χ4n) is 3.32.